The molecule has 3 aromatic carbocycles. The molecule has 1 N–H and O–H groups in total. The van der Waals surface area contributed by atoms with Crippen LogP contribution < -0.4 is 9.62 Å². The fraction of sp³-hybridized carbons (Fsp3) is 0.394. The second-order valence-corrected chi connectivity index (χ2v) is 12.5. The van der Waals surface area contributed by atoms with E-state index >= 15 is 0 Å². The van der Waals surface area contributed by atoms with Crippen molar-refractivity contribution in [2.24, 2.45) is 0 Å². The third kappa shape index (κ3) is 7.97. The van der Waals surface area contributed by atoms with E-state index in [1.54, 1.807) is 36.4 Å². The van der Waals surface area contributed by atoms with Gasteiger partial charge < -0.3 is 10.2 Å². The van der Waals surface area contributed by atoms with E-state index < -0.39 is 28.5 Å². The summed E-state index contributed by atoms with van der Waals surface area (Å²) >= 11 is 0. The lowest BCUT2D eigenvalue weighted by atomic mass is 10.1. The summed E-state index contributed by atoms with van der Waals surface area (Å²) in [7, 11) is -4.10. The van der Waals surface area contributed by atoms with Crippen molar-refractivity contribution in [2.45, 2.75) is 78.3 Å². The number of carbonyl (C=O) groups excluding carboxylic acids is 2. The number of nitrogens with zero attached hydrogens (tertiary/aromatic N) is 2. The van der Waals surface area contributed by atoms with E-state index in [2.05, 4.69) is 5.32 Å². The first kappa shape index (κ1) is 31.9. The highest BCUT2D eigenvalue weighted by Gasteiger charge is 2.34. The molecule has 0 aromatic heterocycles. The van der Waals surface area contributed by atoms with Gasteiger partial charge in [0.05, 0.1) is 10.6 Å². The summed E-state index contributed by atoms with van der Waals surface area (Å²) in [5.74, 6) is -0.680. The first-order valence-corrected chi connectivity index (χ1v) is 15.7. The summed E-state index contributed by atoms with van der Waals surface area (Å²) in [5, 5.41) is 2.96. The average Bonchev–Trinajstić information content (AvgIpc) is 2.94. The summed E-state index contributed by atoms with van der Waals surface area (Å²) in [5.41, 5.74) is 5.00. The van der Waals surface area contributed by atoms with Crippen LogP contribution in [0.3, 0.4) is 0 Å². The molecule has 1 unspecified atom stereocenters. The smallest absolute Gasteiger partial charge is 0.264 e. The third-order valence-corrected chi connectivity index (χ3v) is 9.20. The lowest BCUT2D eigenvalue weighted by molar-refractivity contribution is -0.140. The van der Waals surface area contributed by atoms with Gasteiger partial charge in [-0.25, -0.2) is 8.42 Å². The van der Waals surface area contributed by atoms with E-state index in [1.165, 1.54) is 9.21 Å². The molecular weight excluding hydrogens is 534 g/mol. The molecule has 7 nitrogen and oxygen atoms in total. The van der Waals surface area contributed by atoms with Crippen LogP contribution in [0, 0.1) is 27.7 Å². The minimum absolute atomic E-state index is 0.103. The predicted molar refractivity (Wildman–Crippen MR) is 165 cm³/mol. The summed E-state index contributed by atoms with van der Waals surface area (Å²) in [6, 6.07) is 19.1. The van der Waals surface area contributed by atoms with E-state index in [9.17, 15) is 18.0 Å². The zero-order valence-corrected chi connectivity index (χ0v) is 25.9. The van der Waals surface area contributed by atoms with Crippen molar-refractivity contribution in [1.82, 2.24) is 10.2 Å². The average molecular weight is 578 g/mol. The Morgan fingerprint density at radius 2 is 1.46 bits per heavy atom. The van der Waals surface area contributed by atoms with E-state index in [1.807, 2.05) is 71.9 Å². The van der Waals surface area contributed by atoms with Gasteiger partial charge in [-0.1, -0.05) is 79.9 Å². The van der Waals surface area contributed by atoms with Crippen LogP contribution >= 0.6 is 0 Å². The van der Waals surface area contributed by atoms with Gasteiger partial charge in [-0.3, -0.25) is 13.9 Å². The zero-order valence-electron chi connectivity index (χ0n) is 25.1. The number of benzene rings is 3. The topological polar surface area (TPSA) is 86.8 Å². The molecule has 8 heteroatoms. The van der Waals surface area contributed by atoms with E-state index in [0.29, 0.717) is 18.7 Å². The normalized spacial score (nSPS) is 12.0. The number of sulfonamides is 1. The molecule has 3 rings (SSSR count). The number of carbonyl (C=O) groups is 2. The largest absolute Gasteiger partial charge is 0.354 e. The van der Waals surface area contributed by atoms with Gasteiger partial charge in [-0.15, -0.1) is 0 Å². The standard InChI is InChI=1S/C33H43N3O4S/c1-7-9-21-34-33(38)30(8-2)35(22-28-17-13-24(3)14-18-28)32(37)23-36(31-12-10-11-26(5)27(31)6)41(39,40)29-19-15-25(4)16-20-29/h10-20,30H,7-9,21-23H2,1-6H3,(H,34,38). The molecule has 1 atom stereocenters. The second kappa shape index (κ2) is 14.3. The van der Waals surface area contributed by atoms with Gasteiger partial charge >= 0.3 is 0 Å². The first-order valence-electron chi connectivity index (χ1n) is 14.3. The van der Waals surface area contributed by atoms with Crippen molar-refractivity contribution < 1.29 is 18.0 Å². The van der Waals surface area contributed by atoms with Crippen LogP contribution in [0.25, 0.3) is 0 Å². The summed E-state index contributed by atoms with van der Waals surface area (Å²) in [4.78, 5) is 29.1. The maximum atomic E-state index is 14.2. The molecule has 0 saturated carbocycles. The van der Waals surface area contributed by atoms with E-state index in [4.69, 9.17) is 0 Å². The Morgan fingerprint density at radius 3 is 2.05 bits per heavy atom. The van der Waals surface area contributed by atoms with Gasteiger partial charge in [0.2, 0.25) is 11.8 Å². The molecule has 3 aromatic rings. The second-order valence-electron chi connectivity index (χ2n) is 10.6. The molecule has 0 spiro atoms. The monoisotopic (exact) mass is 577 g/mol. The Balaban J connectivity index is 2.07. The molecule has 0 fully saturated rings. The summed E-state index contributed by atoms with van der Waals surface area (Å²) < 4.78 is 29.4. The Bertz CT molecular complexity index is 1430. The molecule has 0 aliphatic heterocycles. The number of aryl methyl sites for hydroxylation is 3. The van der Waals surface area contributed by atoms with Crippen LogP contribution in [0.2, 0.25) is 0 Å². The van der Waals surface area contributed by atoms with Crippen molar-refractivity contribution in [3.05, 3.63) is 94.5 Å². The third-order valence-electron chi connectivity index (χ3n) is 7.42. The van der Waals surface area contributed by atoms with Gasteiger partial charge in [-0.05, 0) is 75.4 Å². The number of nitrogens with one attached hydrogen (secondary N) is 1. The van der Waals surface area contributed by atoms with Gasteiger partial charge in [0.1, 0.15) is 12.6 Å². The van der Waals surface area contributed by atoms with Gasteiger partial charge in [0.15, 0.2) is 0 Å². The Kier molecular flexibility index (Phi) is 11.1. The number of amides is 2. The number of anilines is 1. The summed E-state index contributed by atoms with van der Waals surface area (Å²) in [6.45, 7) is 11.8. The molecule has 0 aliphatic rings. The van der Waals surface area contributed by atoms with Crippen molar-refractivity contribution in [3.8, 4) is 0 Å². The van der Waals surface area contributed by atoms with Gasteiger partial charge in [0, 0.05) is 13.1 Å². The highest BCUT2D eigenvalue weighted by Crippen LogP contribution is 2.29. The Labute approximate surface area is 245 Å². The molecule has 2 amide bonds. The van der Waals surface area contributed by atoms with Crippen LogP contribution in [0.15, 0.2) is 71.6 Å². The van der Waals surface area contributed by atoms with Crippen molar-refractivity contribution in [1.29, 1.82) is 0 Å². The molecule has 0 aliphatic carbocycles. The maximum Gasteiger partial charge on any atom is 0.264 e. The lowest BCUT2D eigenvalue weighted by Gasteiger charge is -2.33. The van der Waals surface area contributed by atoms with Crippen molar-refractivity contribution in [3.63, 3.8) is 0 Å². The maximum absolute atomic E-state index is 14.2. The van der Waals surface area contributed by atoms with Crippen LogP contribution in [0.1, 0.15) is 60.9 Å². The highest BCUT2D eigenvalue weighted by atomic mass is 32.2. The molecule has 0 heterocycles. The van der Waals surface area contributed by atoms with Crippen LogP contribution in [0.4, 0.5) is 5.69 Å². The lowest BCUT2D eigenvalue weighted by Crippen LogP contribution is -2.52. The molecule has 0 saturated heterocycles. The summed E-state index contributed by atoms with van der Waals surface area (Å²) in [6.07, 6.45) is 2.16. The number of hydrogen-bond acceptors (Lipinski definition) is 4. The molecule has 41 heavy (non-hydrogen) atoms. The Morgan fingerprint density at radius 1 is 0.854 bits per heavy atom. The number of hydrogen-bond donors (Lipinski definition) is 1. The van der Waals surface area contributed by atoms with Crippen molar-refractivity contribution >= 4 is 27.5 Å². The molecule has 0 radical (unpaired) electrons. The van der Waals surface area contributed by atoms with Gasteiger partial charge in [0.25, 0.3) is 10.0 Å². The van der Waals surface area contributed by atoms with Crippen LogP contribution in [-0.4, -0.2) is 44.3 Å². The highest BCUT2D eigenvalue weighted by molar-refractivity contribution is 7.92. The molecular formula is C33H43N3O4S. The fourth-order valence-electron chi connectivity index (χ4n) is 4.67. The van der Waals surface area contributed by atoms with Gasteiger partial charge in [-0.2, -0.15) is 0 Å². The Hall–Kier alpha value is -3.65. The molecule has 220 valence electrons. The van der Waals surface area contributed by atoms with Crippen LogP contribution in [-0.2, 0) is 26.2 Å². The first-order chi connectivity index (χ1) is 19.5. The predicted octanol–water partition coefficient (Wildman–Crippen LogP) is 5.84. The van der Waals surface area contributed by atoms with E-state index in [-0.39, 0.29) is 17.3 Å². The van der Waals surface area contributed by atoms with Crippen LogP contribution in [0.5, 0.6) is 0 Å². The number of rotatable bonds is 13. The SMILES string of the molecule is CCCCNC(=O)C(CC)N(Cc1ccc(C)cc1)C(=O)CN(c1cccc(C)c1C)S(=O)(=O)c1ccc(C)cc1. The minimum Gasteiger partial charge on any atom is -0.354 e. The van der Waals surface area contributed by atoms with Crippen molar-refractivity contribution in [2.75, 3.05) is 17.4 Å². The minimum atomic E-state index is -4.10. The zero-order chi connectivity index (χ0) is 30.2. The number of unbranched alkanes of at least 4 members (excludes halogenated alkanes) is 1. The molecule has 0 bridgehead atoms. The fourth-order valence-corrected chi connectivity index (χ4v) is 6.14. The van der Waals surface area contributed by atoms with E-state index in [0.717, 1.165) is 40.7 Å². The quantitative estimate of drug-likeness (QED) is 0.259.